The summed E-state index contributed by atoms with van der Waals surface area (Å²) in [6.45, 7) is 0. The third-order valence-corrected chi connectivity index (χ3v) is 13.4. The van der Waals surface area contributed by atoms with E-state index in [4.69, 9.17) is 9.97 Å². The Hall–Kier alpha value is -6.74. The molecule has 0 fully saturated rings. The Balaban J connectivity index is 1.06. The van der Waals surface area contributed by atoms with Gasteiger partial charge in [0, 0.05) is 38.4 Å². The van der Waals surface area contributed by atoms with E-state index in [9.17, 15) is 0 Å². The molecule has 3 heterocycles. The van der Waals surface area contributed by atoms with Crippen LogP contribution in [0.25, 0.3) is 77.1 Å². The molecule has 10 rings (SSSR count). The molecule has 0 unspecified atom stereocenters. The van der Waals surface area contributed by atoms with E-state index in [1.165, 1.54) is 0 Å². The highest BCUT2D eigenvalue weighted by Gasteiger charge is 2.29. The lowest BCUT2D eigenvalue weighted by molar-refractivity contribution is 0.592. The fourth-order valence-electron chi connectivity index (χ4n) is 7.67. The summed E-state index contributed by atoms with van der Waals surface area (Å²) in [5.41, 5.74) is 7.62. The number of hydrogen-bond donors (Lipinski definition) is 0. The van der Waals surface area contributed by atoms with Gasteiger partial charge in [0.15, 0.2) is 7.14 Å². The summed E-state index contributed by atoms with van der Waals surface area (Å²) in [6.07, 6.45) is 1.79. The normalized spacial score (nSPS) is 11.8. The van der Waals surface area contributed by atoms with Crippen molar-refractivity contribution >= 4 is 66.4 Å². The minimum absolute atomic E-state index is 0.825. The van der Waals surface area contributed by atoms with E-state index >= 15 is 4.57 Å². The molecule has 5 heteroatoms. The van der Waals surface area contributed by atoms with Gasteiger partial charge in [-0.2, -0.15) is 0 Å². The molecule has 0 saturated carbocycles. The maximum Gasteiger partial charge on any atom is 0.171 e. The van der Waals surface area contributed by atoms with Gasteiger partial charge in [-0.25, -0.2) is 9.97 Å². The van der Waals surface area contributed by atoms with Crippen molar-refractivity contribution in [3.8, 4) is 33.8 Å². The smallest absolute Gasteiger partial charge is 0.171 e. The monoisotopic (exact) mass is 709 g/mol. The molecule has 0 atom stereocenters. The maximum atomic E-state index is 15.0. The fraction of sp³-hybridized carbons (Fsp3) is 0. The van der Waals surface area contributed by atoms with Crippen LogP contribution >= 0.6 is 7.14 Å². The molecule has 10 aromatic rings. The first-order valence-electron chi connectivity index (χ1n) is 18.0. The average Bonchev–Trinajstić information content (AvgIpc) is 3.26. The van der Waals surface area contributed by atoms with Crippen LogP contribution in [0, 0.1) is 0 Å². The highest BCUT2D eigenvalue weighted by atomic mass is 31.2. The summed E-state index contributed by atoms with van der Waals surface area (Å²) in [5.74, 6) is 0. The molecule has 54 heavy (non-hydrogen) atoms. The molecule has 3 aromatic heterocycles. The van der Waals surface area contributed by atoms with Crippen LogP contribution in [0.5, 0.6) is 0 Å². The lowest BCUT2D eigenvalue weighted by atomic mass is 9.92. The number of rotatable bonds is 6. The number of aromatic nitrogens is 3. The minimum atomic E-state index is -3.08. The molecule has 0 bridgehead atoms. The lowest BCUT2D eigenvalue weighted by Crippen LogP contribution is -2.24. The number of hydrogen-bond acceptors (Lipinski definition) is 4. The predicted octanol–water partition coefficient (Wildman–Crippen LogP) is 11.1. The summed E-state index contributed by atoms with van der Waals surface area (Å²) in [7, 11) is -3.08. The first kappa shape index (κ1) is 32.0. The molecule has 0 aliphatic heterocycles. The van der Waals surface area contributed by atoms with Gasteiger partial charge in [0.05, 0.1) is 28.1 Å². The first-order chi connectivity index (χ1) is 26.6. The molecule has 0 radical (unpaired) electrons. The molecule has 0 aliphatic carbocycles. The summed E-state index contributed by atoms with van der Waals surface area (Å²) in [4.78, 5) is 14.9. The highest BCUT2D eigenvalue weighted by Crippen LogP contribution is 2.43. The third-order valence-electron chi connectivity index (χ3n) is 10.4. The molecular formula is C49H32N3OP. The van der Waals surface area contributed by atoms with Gasteiger partial charge in [0.2, 0.25) is 0 Å². The van der Waals surface area contributed by atoms with Gasteiger partial charge in [-0.1, -0.05) is 152 Å². The van der Waals surface area contributed by atoms with Gasteiger partial charge in [0.25, 0.3) is 0 Å². The highest BCUT2D eigenvalue weighted by molar-refractivity contribution is 7.85. The van der Waals surface area contributed by atoms with Crippen LogP contribution in [0.1, 0.15) is 0 Å². The molecule has 4 nitrogen and oxygen atoms in total. The van der Waals surface area contributed by atoms with E-state index in [-0.39, 0.29) is 0 Å². The molecule has 0 N–H and O–H groups in total. The number of benzene rings is 7. The molecule has 7 aromatic carbocycles. The van der Waals surface area contributed by atoms with Gasteiger partial charge in [-0.3, -0.25) is 4.98 Å². The minimum Gasteiger partial charge on any atom is -0.309 e. The summed E-state index contributed by atoms with van der Waals surface area (Å²) < 4.78 is 15.0. The van der Waals surface area contributed by atoms with E-state index in [1.54, 1.807) is 6.20 Å². The second-order valence-electron chi connectivity index (χ2n) is 13.5. The molecule has 0 saturated heterocycles. The zero-order chi connectivity index (χ0) is 36.1. The molecule has 254 valence electrons. The van der Waals surface area contributed by atoms with Gasteiger partial charge in [-0.05, 0) is 69.1 Å². The van der Waals surface area contributed by atoms with Crippen LogP contribution in [0.2, 0.25) is 0 Å². The predicted molar refractivity (Wildman–Crippen MR) is 226 cm³/mol. The maximum absolute atomic E-state index is 15.0. The van der Waals surface area contributed by atoms with E-state index < -0.39 is 7.14 Å². The fourth-order valence-corrected chi connectivity index (χ4v) is 10.4. The van der Waals surface area contributed by atoms with Crippen molar-refractivity contribution in [2.75, 3.05) is 0 Å². The Morgan fingerprint density at radius 2 is 0.907 bits per heavy atom. The quantitative estimate of drug-likeness (QED) is 0.127. The third kappa shape index (κ3) is 5.39. The van der Waals surface area contributed by atoms with Crippen molar-refractivity contribution in [3.63, 3.8) is 0 Å². The van der Waals surface area contributed by atoms with Crippen molar-refractivity contribution in [2.24, 2.45) is 0 Å². The van der Waals surface area contributed by atoms with Crippen molar-refractivity contribution in [3.05, 3.63) is 194 Å². The topological polar surface area (TPSA) is 55.7 Å². The second kappa shape index (κ2) is 13.0. The summed E-state index contributed by atoms with van der Waals surface area (Å²) >= 11 is 0. The van der Waals surface area contributed by atoms with Crippen molar-refractivity contribution in [1.29, 1.82) is 0 Å². The van der Waals surface area contributed by atoms with Crippen LogP contribution in [0.15, 0.2) is 194 Å². The van der Waals surface area contributed by atoms with Gasteiger partial charge in [-0.15, -0.1) is 0 Å². The Morgan fingerprint density at radius 3 is 1.59 bits per heavy atom. The zero-order valence-corrected chi connectivity index (χ0v) is 30.1. The van der Waals surface area contributed by atoms with Gasteiger partial charge < -0.3 is 4.57 Å². The Morgan fingerprint density at radius 1 is 0.370 bits per heavy atom. The van der Waals surface area contributed by atoms with Crippen LogP contribution < -0.4 is 15.9 Å². The summed E-state index contributed by atoms with van der Waals surface area (Å²) in [6, 6.07) is 63.9. The zero-order valence-electron chi connectivity index (χ0n) is 29.2. The standard InChI is InChI=1S/C49H32N3OP/c53-54(38-11-3-1-4-12-38,39-13-5-2-6-14-39)40-25-22-35-31-37(21-20-36(35)32-40)41-26-27-44(43-16-8-7-15-42(41)43)45-28-23-33-18-19-34-24-29-47(46-17-9-10-30-50-46)52-49(34)48(33)51-45/h1-32H. The van der Waals surface area contributed by atoms with Crippen LogP contribution in [0.3, 0.4) is 0 Å². The molecular weight excluding hydrogens is 678 g/mol. The van der Waals surface area contributed by atoms with Crippen molar-refractivity contribution < 1.29 is 4.57 Å². The number of pyridine rings is 3. The Labute approximate surface area is 312 Å². The lowest BCUT2D eigenvalue weighted by Gasteiger charge is -2.20. The van der Waals surface area contributed by atoms with Crippen LogP contribution in [-0.2, 0) is 4.57 Å². The SMILES string of the molecule is O=P(c1ccccc1)(c1ccccc1)c1ccc2cc(-c3ccc(-c4ccc5ccc6ccc(-c7ccccn7)nc6c5n4)c4ccccc34)ccc2c1. The van der Waals surface area contributed by atoms with E-state index in [0.29, 0.717) is 0 Å². The second-order valence-corrected chi connectivity index (χ2v) is 16.3. The molecule has 0 aliphatic rings. The van der Waals surface area contributed by atoms with Gasteiger partial charge >= 0.3 is 0 Å². The van der Waals surface area contributed by atoms with E-state index in [1.807, 2.05) is 91.0 Å². The van der Waals surface area contributed by atoms with Crippen molar-refractivity contribution in [1.82, 2.24) is 15.0 Å². The average molecular weight is 710 g/mol. The molecule has 0 spiro atoms. The van der Waals surface area contributed by atoms with Gasteiger partial charge in [0.1, 0.15) is 0 Å². The number of fused-ring (bicyclic) bond motifs is 5. The van der Waals surface area contributed by atoms with E-state index in [0.717, 1.165) is 93.0 Å². The van der Waals surface area contributed by atoms with Crippen LogP contribution in [-0.4, -0.2) is 15.0 Å². The molecule has 0 amide bonds. The first-order valence-corrected chi connectivity index (χ1v) is 19.7. The van der Waals surface area contributed by atoms with Crippen molar-refractivity contribution in [2.45, 2.75) is 0 Å². The van der Waals surface area contributed by atoms with Crippen LogP contribution in [0.4, 0.5) is 0 Å². The van der Waals surface area contributed by atoms with E-state index in [2.05, 4.69) is 102 Å². The summed E-state index contributed by atoms with van der Waals surface area (Å²) in [5, 5.41) is 9.00. The number of nitrogens with zero attached hydrogens (tertiary/aromatic N) is 3. The largest absolute Gasteiger partial charge is 0.309 e. The Kier molecular flexibility index (Phi) is 7.71. The Bertz CT molecular complexity index is 3030.